The van der Waals surface area contributed by atoms with Crippen molar-refractivity contribution in [3.63, 3.8) is 0 Å². The first kappa shape index (κ1) is 21.5. The molecule has 2 amide bonds. The number of benzene rings is 3. The largest absolute Gasteiger partial charge is 0.322 e. The molecular weight excluding hydrogens is 433 g/mol. The van der Waals surface area contributed by atoms with Crippen LogP contribution >= 0.6 is 0 Å². The van der Waals surface area contributed by atoms with Gasteiger partial charge in [0.25, 0.3) is 15.9 Å². The second kappa shape index (κ2) is 8.80. The molecule has 0 atom stereocenters. The van der Waals surface area contributed by atoms with Crippen molar-refractivity contribution in [2.24, 2.45) is 0 Å². The molecule has 1 fully saturated rings. The van der Waals surface area contributed by atoms with Gasteiger partial charge in [-0.1, -0.05) is 18.2 Å². The highest BCUT2D eigenvalue weighted by Crippen LogP contribution is 2.26. The normalized spacial score (nSPS) is 13.8. The molecule has 0 aliphatic carbocycles. The van der Waals surface area contributed by atoms with Crippen LogP contribution in [0.4, 0.5) is 21.5 Å². The molecule has 1 aliphatic heterocycles. The fraction of sp³-hybridized carbons (Fsp3) is 0.130. The van der Waals surface area contributed by atoms with E-state index in [2.05, 4.69) is 10.0 Å². The smallest absolute Gasteiger partial charge is 0.261 e. The number of amides is 2. The SMILES string of the molecule is O=C(Nc1cccc(N2CCCC2=O)c1)c1ccccc1NS(=O)(=O)c1ccc(F)cc1. The average molecular weight is 453 g/mol. The van der Waals surface area contributed by atoms with E-state index in [0.717, 1.165) is 30.7 Å². The molecule has 0 unspecified atom stereocenters. The molecule has 164 valence electrons. The van der Waals surface area contributed by atoms with Crippen LogP contribution in [0.2, 0.25) is 0 Å². The highest BCUT2D eigenvalue weighted by molar-refractivity contribution is 7.92. The van der Waals surface area contributed by atoms with Gasteiger partial charge in [-0.3, -0.25) is 14.3 Å². The summed E-state index contributed by atoms with van der Waals surface area (Å²) in [4.78, 5) is 26.5. The molecule has 7 nitrogen and oxygen atoms in total. The molecule has 1 saturated heterocycles. The quantitative estimate of drug-likeness (QED) is 0.590. The van der Waals surface area contributed by atoms with Crippen LogP contribution in [0.25, 0.3) is 0 Å². The third-order valence-corrected chi connectivity index (χ3v) is 6.41. The minimum absolute atomic E-state index is 0.0361. The van der Waals surface area contributed by atoms with E-state index >= 15 is 0 Å². The summed E-state index contributed by atoms with van der Waals surface area (Å²) in [5.74, 6) is -1.04. The molecule has 0 saturated carbocycles. The zero-order valence-electron chi connectivity index (χ0n) is 16.9. The summed E-state index contributed by atoms with van der Waals surface area (Å²) >= 11 is 0. The first-order valence-electron chi connectivity index (χ1n) is 9.93. The van der Waals surface area contributed by atoms with Crippen molar-refractivity contribution in [2.45, 2.75) is 17.7 Å². The van der Waals surface area contributed by atoms with Crippen molar-refractivity contribution >= 4 is 38.9 Å². The van der Waals surface area contributed by atoms with E-state index in [1.165, 1.54) is 12.1 Å². The lowest BCUT2D eigenvalue weighted by atomic mass is 10.1. The number of anilines is 3. The van der Waals surface area contributed by atoms with Crippen LogP contribution in [0.15, 0.2) is 77.7 Å². The molecule has 0 radical (unpaired) electrons. The molecule has 9 heteroatoms. The van der Waals surface area contributed by atoms with Gasteiger partial charge in [0.2, 0.25) is 5.91 Å². The Morgan fingerprint density at radius 2 is 1.72 bits per heavy atom. The van der Waals surface area contributed by atoms with Gasteiger partial charge in [0.1, 0.15) is 5.82 Å². The lowest BCUT2D eigenvalue weighted by molar-refractivity contribution is -0.117. The molecule has 3 aromatic rings. The van der Waals surface area contributed by atoms with Crippen LogP contribution < -0.4 is 14.9 Å². The monoisotopic (exact) mass is 453 g/mol. The number of carbonyl (C=O) groups is 2. The van der Waals surface area contributed by atoms with Crippen molar-refractivity contribution in [1.82, 2.24) is 0 Å². The van der Waals surface area contributed by atoms with Crippen molar-refractivity contribution in [1.29, 1.82) is 0 Å². The lowest BCUT2D eigenvalue weighted by Gasteiger charge is -2.17. The fourth-order valence-corrected chi connectivity index (χ4v) is 4.54. The van der Waals surface area contributed by atoms with E-state index in [4.69, 9.17) is 0 Å². The molecular formula is C23H20FN3O4S. The predicted octanol–water partition coefficient (Wildman–Crippen LogP) is 4.01. The summed E-state index contributed by atoms with van der Waals surface area (Å²) in [5, 5.41) is 2.75. The number of hydrogen-bond donors (Lipinski definition) is 2. The van der Waals surface area contributed by atoms with Crippen LogP contribution in [0.1, 0.15) is 23.2 Å². The fourth-order valence-electron chi connectivity index (χ4n) is 3.46. The number of sulfonamides is 1. The Morgan fingerprint density at radius 3 is 2.44 bits per heavy atom. The highest BCUT2D eigenvalue weighted by atomic mass is 32.2. The van der Waals surface area contributed by atoms with Crippen LogP contribution in [0.5, 0.6) is 0 Å². The Hall–Kier alpha value is -3.72. The molecule has 1 heterocycles. The maximum absolute atomic E-state index is 13.1. The van der Waals surface area contributed by atoms with Gasteiger partial charge in [0.05, 0.1) is 16.1 Å². The van der Waals surface area contributed by atoms with Gasteiger partial charge in [-0.05, 0) is 61.0 Å². The van der Waals surface area contributed by atoms with Gasteiger partial charge in [-0.25, -0.2) is 12.8 Å². The Balaban J connectivity index is 1.56. The third kappa shape index (κ3) is 4.62. The second-order valence-electron chi connectivity index (χ2n) is 7.26. The Kier molecular flexibility index (Phi) is 5.91. The van der Waals surface area contributed by atoms with Crippen molar-refractivity contribution < 1.29 is 22.4 Å². The average Bonchev–Trinajstić information content (AvgIpc) is 3.20. The molecule has 0 spiro atoms. The Labute approximate surface area is 184 Å². The van der Waals surface area contributed by atoms with E-state index in [9.17, 15) is 22.4 Å². The predicted molar refractivity (Wildman–Crippen MR) is 120 cm³/mol. The second-order valence-corrected chi connectivity index (χ2v) is 8.94. The summed E-state index contributed by atoms with van der Waals surface area (Å²) in [5.41, 5.74) is 1.36. The molecule has 3 aromatic carbocycles. The van der Waals surface area contributed by atoms with E-state index in [0.29, 0.717) is 24.3 Å². The minimum atomic E-state index is -4.02. The van der Waals surface area contributed by atoms with Crippen molar-refractivity contribution in [3.05, 3.63) is 84.2 Å². The standard InChI is InChI=1S/C23H20FN3O4S/c24-16-10-12-19(13-11-16)32(30,31)26-21-8-2-1-7-20(21)23(29)25-17-5-3-6-18(15-17)27-14-4-9-22(27)28/h1-3,5-8,10-13,15,26H,4,9,14H2,(H,25,29). The van der Waals surface area contributed by atoms with Crippen molar-refractivity contribution in [2.75, 3.05) is 21.5 Å². The number of nitrogens with one attached hydrogen (secondary N) is 2. The van der Waals surface area contributed by atoms with Gasteiger partial charge in [0, 0.05) is 24.3 Å². The number of carbonyl (C=O) groups excluding carboxylic acids is 2. The number of nitrogens with zero attached hydrogens (tertiary/aromatic N) is 1. The number of rotatable bonds is 6. The van der Waals surface area contributed by atoms with Crippen molar-refractivity contribution in [3.8, 4) is 0 Å². The maximum atomic E-state index is 13.1. The molecule has 0 bridgehead atoms. The summed E-state index contributed by atoms with van der Waals surface area (Å²) in [6.07, 6.45) is 1.29. The Bertz CT molecular complexity index is 1280. The Morgan fingerprint density at radius 1 is 0.969 bits per heavy atom. The van der Waals surface area contributed by atoms with Crippen LogP contribution in [0.3, 0.4) is 0 Å². The van der Waals surface area contributed by atoms with Gasteiger partial charge >= 0.3 is 0 Å². The molecule has 1 aliphatic rings. The number of para-hydroxylation sites is 1. The zero-order valence-corrected chi connectivity index (χ0v) is 17.7. The summed E-state index contributed by atoms with van der Waals surface area (Å²) in [6, 6.07) is 17.5. The highest BCUT2D eigenvalue weighted by Gasteiger charge is 2.22. The first-order valence-corrected chi connectivity index (χ1v) is 11.4. The minimum Gasteiger partial charge on any atom is -0.322 e. The van der Waals surface area contributed by atoms with E-state index in [1.807, 2.05) is 0 Å². The van der Waals surface area contributed by atoms with Gasteiger partial charge in [-0.2, -0.15) is 0 Å². The van der Waals surface area contributed by atoms with Crippen LogP contribution in [-0.2, 0) is 14.8 Å². The van der Waals surface area contributed by atoms with E-state index in [1.54, 1.807) is 41.3 Å². The molecule has 2 N–H and O–H groups in total. The topological polar surface area (TPSA) is 95.6 Å². The summed E-state index contributed by atoms with van der Waals surface area (Å²) in [7, 11) is -4.02. The third-order valence-electron chi connectivity index (χ3n) is 5.03. The van der Waals surface area contributed by atoms with Gasteiger partial charge in [0.15, 0.2) is 0 Å². The number of hydrogen-bond acceptors (Lipinski definition) is 4. The maximum Gasteiger partial charge on any atom is 0.261 e. The summed E-state index contributed by atoms with van der Waals surface area (Å²) in [6.45, 7) is 0.629. The van der Waals surface area contributed by atoms with Crippen LogP contribution in [-0.4, -0.2) is 26.8 Å². The molecule has 32 heavy (non-hydrogen) atoms. The zero-order chi connectivity index (χ0) is 22.7. The van der Waals surface area contributed by atoms with Gasteiger partial charge < -0.3 is 10.2 Å². The van der Waals surface area contributed by atoms with E-state index in [-0.39, 0.29) is 22.1 Å². The first-order chi connectivity index (χ1) is 15.3. The van der Waals surface area contributed by atoms with Gasteiger partial charge in [-0.15, -0.1) is 0 Å². The lowest BCUT2D eigenvalue weighted by Crippen LogP contribution is -2.24. The molecule has 0 aromatic heterocycles. The van der Waals surface area contributed by atoms with Crippen LogP contribution in [0, 0.1) is 5.82 Å². The number of halogens is 1. The summed E-state index contributed by atoms with van der Waals surface area (Å²) < 4.78 is 40.9. The molecule has 4 rings (SSSR count). The van der Waals surface area contributed by atoms with E-state index < -0.39 is 21.7 Å².